The van der Waals surface area contributed by atoms with Gasteiger partial charge in [-0.05, 0) is 55.3 Å². The number of carbonyl (C=O) groups is 1. The SMILES string of the molecule is CCCCOc1ccc(C2C(C#N)=C(N)Oc3cc(OC(=O)c4oc5cc(Br)ccc5c4C)ccc32)cc1OC. The van der Waals surface area contributed by atoms with E-state index in [1.54, 1.807) is 38.3 Å². The Morgan fingerprint density at radius 3 is 2.70 bits per heavy atom. The number of hydrogen-bond donors (Lipinski definition) is 1. The van der Waals surface area contributed by atoms with E-state index in [0.717, 1.165) is 28.3 Å². The van der Waals surface area contributed by atoms with Crippen molar-refractivity contribution in [3.05, 3.63) is 93.0 Å². The summed E-state index contributed by atoms with van der Waals surface area (Å²) >= 11 is 3.41. The van der Waals surface area contributed by atoms with Crippen molar-refractivity contribution in [2.45, 2.75) is 32.6 Å². The van der Waals surface area contributed by atoms with Crippen molar-refractivity contribution in [1.29, 1.82) is 5.26 Å². The van der Waals surface area contributed by atoms with Crippen molar-refractivity contribution in [1.82, 2.24) is 0 Å². The summed E-state index contributed by atoms with van der Waals surface area (Å²) in [5, 5.41) is 10.8. The minimum absolute atomic E-state index is 0.0237. The summed E-state index contributed by atoms with van der Waals surface area (Å²) in [6.07, 6.45) is 1.94. The number of furan rings is 1. The van der Waals surface area contributed by atoms with E-state index in [2.05, 4.69) is 28.9 Å². The second kappa shape index (κ2) is 11.4. The van der Waals surface area contributed by atoms with Gasteiger partial charge in [0.25, 0.3) is 0 Å². The van der Waals surface area contributed by atoms with Crippen LogP contribution >= 0.6 is 15.9 Å². The van der Waals surface area contributed by atoms with Crippen LogP contribution in [0.3, 0.4) is 0 Å². The quantitative estimate of drug-likeness (QED) is 0.128. The highest BCUT2D eigenvalue weighted by Gasteiger charge is 2.32. The van der Waals surface area contributed by atoms with Gasteiger partial charge < -0.3 is 29.1 Å². The summed E-state index contributed by atoms with van der Waals surface area (Å²) in [7, 11) is 1.57. The van der Waals surface area contributed by atoms with Crippen molar-refractivity contribution in [3.63, 3.8) is 0 Å². The minimum atomic E-state index is -0.637. The number of unbranched alkanes of at least 4 members (excludes halogenated alkanes) is 1. The van der Waals surface area contributed by atoms with E-state index >= 15 is 0 Å². The average Bonchev–Trinajstić information content (AvgIpc) is 3.27. The first kappa shape index (κ1) is 27.2. The zero-order chi connectivity index (χ0) is 28.4. The van der Waals surface area contributed by atoms with Crippen LogP contribution in [0.5, 0.6) is 23.0 Å². The van der Waals surface area contributed by atoms with Crippen LogP contribution in [0.2, 0.25) is 0 Å². The lowest BCUT2D eigenvalue weighted by atomic mass is 9.83. The fourth-order valence-corrected chi connectivity index (χ4v) is 5.04. The number of carbonyl (C=O) groups excluding carboxylic acids is 1. The second-order valence-corrected chi connectivity index (χ2v) is 10.2. The van der Waals surface area contributed by atoms with Crippen LogP contribution in [0.1, 0.15) is 52.9 Å². The number of methoxy groups -OCH3 is 1. The van der Waals surface area contributed by atoms with Crippen LogP contribution < -0.4 is 24.7 Å². The molecule has 204 valence electrons. The first-order valence-electron chi connectivity index (χ1n) is 12.8. The van der Waals surface area contributed by atoms with Gasteiger partial charge in [-0.15, -0.1) is 0 Å². The van der Waals surface area contributed by atoms with Gasteiger partial charge in [-0.2, -0.15) is 5.26 Å². The Morgan fingerprint density at radius 1 is 1.12 bits per heavy atom. The monoisotopic (exact) mass is 602 g/mol. The molecule has 40 heavy (non-hydrogen) atoms. The lowest BCUT2D eigenvalue weighted by molar-refractivity contribution is 0.0702. The van der Waals surface area contributed by atoms with Crippen LogP contribution in [0, 0.1) is 18.3 Å². The fourth-order valence-electron chi connectivity index (χ4n) is 4.70. The van der Waals surface area contributed by atoms with Gasteiger partial charge in [0.15, 0.2) is 11.5 Å². The molecule has 1 atom stereocenters. The number of nitrogens with two attached hydrogens (primary N) is 1. The van der Waals surface area contributed by atoms with E-state index in [1.165, 1.54) is 0 Å². The highest BCUT2D eigenvalue weighted by molar-refractivity contribution is 9.10. The summed E-state index contributed by atoms with van der Waals surface area (Å²) in [5.41, 5.74) is 9.18. The number of fused-ring (bicyclic) bond motifs is 2. The third-order valence-corrected chi connectivity index (χ3v) is 7.26. The van der Waals surface area contributed by atoms with Crippen molar-refractivity contribution >= 4 is 32.9 Å². The topological polar surface area (TPSA) is 117 Å². The van der Waals surface area contributed by atoms with Gasteiger partial charge in [0.1, 0.15) is 28.7 Å². The van der Waals surface area contributed by atoms with E-state index in [0.29, 0.717) is 40.6 Å². The molecule has 5 rings (SSSR count). The number of hydrogen-bond acceptors (Lipinski definition) is 8. The number of esters is 1. The largest absolute Gasteiger partial charge is 0.493 e. The summed E-state index contributed by atoms with van der Waals surface area (Å²) in [6, 6.07) is 18.3. The van der Waals surface area contributed by atoms with Crippen LogP contribution in [0.15, 0.2) is 74.9 Å². The third-order valence-electron chi connectivity index (χ3n) is 6.76. The standard InChI is InChI=1S/C31H27BrN2O6/c1-4-5-12-37-24-11-6-18(13-27(24)36-3)28-22-10-8-20(15-26(22)40-30(34)23(28)16-33)38-31(35)29-17(2)21-9-7-19(32)14-25(21)39-29/h6-11,13-15,28H,4-5,12,34H2,1-3H3. The van der Waals surface area contributed by atoms with E-state index < -0.39 is 11.9 Å². The van der Waals surface area contributed by atoms with Gasteiger partial charge in [0.05, 0.1) is 19.6 Å². The molecule has 1 aliphatic heterocycles. The Kier molecular flexibility index (Phi) is 7.71. The number of nitriles is 1. The van der Waals surface area contributed by atoms with Crippen molar-refractivity contribution in [2.75, 3.05) is 13.7 Å². The maximum absolute atomic E-state index is 13.0. The number of nitrogens with zero attached hydrogens (tertiary/aromatic N) is 1. The molecule has 9 heteroatoms. The third kappa shape index (κ3) is 5.10. The molecule has 0 bridgehead atoms. The number of rotatable bonds is 8. The molecule has 1 aromatic heterocycles. The Bertz CT molecular complexity index is 1680. The van der Waals surface area contributed by atoms with Crippen LogP contribution in [-0.4, -0.2) is 19.7 Å². The number of ether oxygens (including phenoxy) is 4. The zero-order valence-electron chi connectivity index (χ0n) is 22.2. The Morgan fingerprint density at radius 2 is 1.95 bits per heavy atom. The first-order valence-corrected chi connectivity index (χ1v) is 13.6. The normalized spacial score (nSPS) is 14.3. The van der Waals surface area contributed by atoms with Gasteiger partial charge in [-0.25, -0.2) is 4.79 Å². The summed E-state index contributed by atoms with van der Waals surface area (Å²) in [6.45, 7) is 4.48. The molecule has 2 heterocycles. The van der Waals surface area contributed by atoms with Gasteiger partial charge in [0, 0.05) is 27.1 Å². The van der Waals surface area contributed by atoms with Crippen molar-refractivity contribution < 1.29 is 28.2 Å². The maximum atomic E-state index is 13.0. The van der Waals surface area contributed by atoms with Gasteiger partial charge in [-0.1, -0.05) is 41.4 Å². The smallest absolute Gasteiger partial charge is 0.379 e. The predicted octanol–water partition coefficient (Wildman–Crippen LogP) is 7.13. The average molecular weight is 603 g/mol. The molecule has 2 N–H and O–H groups in total. The molecule has 3 aromatic carbocycles. The van der Waals surface area contributed by atoms with Crippen molar-refractivity contribution in [2.24, 2.45) is 5.73 Å². The molecule has 0 fully saturated rings. The van der Waals surface area contributed by atoms with Gasteiger partial charge in [0.2, 0.25) is 11.6 Å². The van der Waals surface area contributed by atoms with E-state index in [-0.39, 0.29) is 23.0 Å². The lowest BCUT2D eigenvalue weighted by Gasteiger charge is -2.27. The van der Waals surface area contributed by atoms with E-state index in [4.69, 9.17) is 29.1 Å². The minimum Gasteiger partial charge on any atom is -0.493 e. The summed E-state index contributed by atoms with van der Waals surface area (Å²) < 4.78 is 29.5. The number of aryl methyl sites for hydroxylation is 1. The molecule has 0 spiro atoms. The molecule has 0 aliphatic carbocycles. The summed E-state index contributed by atoms with van der Waals surface area (Å²) in [4.78, 5) is 13.0. The highest BCUT2D eigenvalue weighted by Crippen LogP contribution is 2.45. The molecular formula is C31H27BrN2O6. The molecule has 0 radical (unpaired) electrons. The number of halogens is 1. The molecule has 0 amide bonds. The van der Waals surface area contributed by atoms with Gasteiger partial charge >= 0.3 is 5.97 Å². The van der Waals surface area contributed by atoms with Crippen LogP contribution in [-0.2, 0) is 0 Å². The van der Waals surface area contributed by atoms with Crippen LogP contribution in [0.25, 0.3) is 11.0 Å². The molecule has 0 saturated heterocycles. The molecule has 0 saturated carbocycles. The maximum Gasteiger partial charge on any atom is 0.379 e. The predicted molar refractivity (Wildman–Crippen MR) is 153 cm³/mol. The zero-order valence-corrected chi connectivity index (χ0v) is 23.8. The molecule has 1 aliphatic rings. The molecule has 1 unspecified atom stereocenters. The molecular weight excluding hydrogens is 576 g/mol. The Labute approximate surface area is 240 Å². The highest BCUT2D eigenvalue weighted by atomic mass is 79.9. The molecule has 8 nitrogen and oxygen atoms in total. The van der Waals surface area contributed by atoms with Crippen LogP contribution in [0.4, 0.5) is 0 Å². The lowest BCUT2D eigenvalue weighted by Crippen LogP contribution is -2.21. The van der Waals surface area contributed by atoms with Crippen molar-refractivity contribution in [3.8, 4) is 29.1 Å². The number of allylic oxidation sites excluding steroid dienone is 1. The van der Waals surface area contributed by atoms with E-state index in [1.807, 2.05) is 30.3 Å². The first-order chi connectivity index (χ1) is 19.3. The van der Waals surface area contributed by atoms with Gasteiger partial charge in [-0.3, -0.25) is 0 Å². The summed E-state index contributed by atoms with van der Waals surface area (Å²) in [5.74, 6) is 0.728. The second-order valence-electron chi connectivity index (χ2n) is 9.32. The van der Waals surface area contributed by atoms with E-state index in [9.17, 15) is 10.1 Å². The molecule has 4 aromatic rings. The number of benzene rings is 3. The Hall–Kier alpha value is -4.42. The fraction of sp³-hybridized carbons (Fsp3) is 0.226. The Balaban J connectivity index is 1.46.